The molecule has 0 spiro atoms. The molecular weight excluding hydrogens is 311 g/mol. The zero-order valence-electron chi connectivity index (χ0n) is 14.5. The Labute approximate surface area is 149 Å². The molecule has 1 heterocycles. The summed E-state index contributed by atoms with van der Waals surface area (Å²) in [6, 6.07) is 20.6. The fourth-order valence-electron chi connectivity index (χ4n) is 3.02. The predicted molar refractivity (Wildman–Crippen MR) is 102 cm³/mol. The van der Waals surface area contributed by atoms with E-state index in [1.165, 1.54) is 0 Å². The Kier molecular flexibility index (Phi) is 5.91. The van der Waals surface area contributed by atoms with Crippen molar-refractivity contribution in [3.8, 4) is 0 Å². The van der Waals surface area contributed by atoms with Crippen LogP contribution >= 0.6 is 0 Å². The van der Waals surface area contributed by atoms with Crippen LogP contribution in [0.5, 0.6) is 0 Å². The topological polar surface area (TPSA) is 41.6 Å². The second-order valence-electron chi connectivity index (χ2n) is 6.14. The van der Waals surface area contributed by atoms with E-state index < -0.39 is 0 Å². The maximum atomic E-state index is 11.8. The van der Waals surface area contributed by atoms with Gasteiger partial charge in [-0.05, 0) is 6.92 Å². The van der Waals surface area contributed by atoms with Gasteiger partial charge in [-0.25, -0.2) is 0 Å². The van der Waals surface area contributed by atoms with Gasteiger partial charge in [-0.1, -0.05) is 71.6 Å². The lowest BCUT2D eigenvalue weighted by Gasteiger charge is -2.33. The van der Waals surface area contributed by atoms with Crippen molar-refractivity contribution < 1.29 is 9.53 Å². The molecule has 4 nitrogen and oxygen atoms in total. The minimum Gasteiger partial charge on any atom is -0.406 e. The van der Waals surface area contributed by atoms with Gasteiger partial charge in [0.15, 0.2) is 5.78 Å². The van der Waals surface area contributed by atoms with E-state index in [0.717, 1.165) is 29.8 Å². The Morgan fingerprint density at radius 1 is 1.00 bits per heavy atom. The highest BCUT2D eigenvalue weighted by Gasteiger charge is 2.24. The molecule has 0 saturated carbocycles. The van der Waals surface area contributed by atoms with E-state index in [1.807, 2.05) is 36.4 Å². The van der Waals surface area contributed by atoms with Gasteiger partial charge in [-0.2, -0.15) is 0 Å². The highest BCUT2D eigenvalue weighted by Crippen LogP contribution is 2.06. The number of carbonyl (C=O) groups is 1. The number of nitrogens with one attached hydrogen (secondary N) is 1. The van der Waals surface area contributed by atoms with Crippen LogP contribution in [-0.4, -0.2) is 43.8 Å². The molecule has 3 rings (SSSR count). The van der Waals surface area contributed by atoms with Crippen molar-refractivity contribution in [3.63, 3.8) is 0 Å². The second-order valence-corrected chi connectivity index (χ2v) is 6.14. The van der Waals surface area contributed by atoms with Crippen LogP contribution in [0.25, 0.3) is 0 Å². The van der Waals surface area contributed by atoms with E-state index in [9.17, 15) is 4.79 Å². The van der Waals surface area contributed by atoms with Gasteiger partial charge in [0.2, 0.25) is 0 Å². The van der Waals surface area contributed by atoms with Gasteiger partial charge in [-0.15, -0.1) is 0 Å². The van der Waals surface area contributed by atoms with Crippen LogP contribution in [0.3, 0.4) is 0 Å². The van der Waals surface area contributed by atoms with Gasteiger partial charge >= 0.3 is 6.85 Å². The van der Waals surface area contributed by atoms with Crippen LogP contribution < -0.4 is 16.2 Å². The molecule has 128 valence electrons. The van der Waals surface area contributed by atoms with Gasteiger partial charge in [0, 0.05) is 19.2 Å². The first kappa shape index (κ1) is 17.3. The molecule has 0 amide bonds. The molecule has 0 unspecified atom stereocenters. The molecule has 0 radical (unpaired) electrons. The third-order valence-corrected chi connectivity index (χ3v) is 4.25. The number of allylic oxidation sites excluding steroid dienone is 1. The van der Waals surface area contributed by atoms with Crippen LogP contribution in [-0.2, 0) is 9.53 Å². The highest BCUT2D eigenvalue weighted by molar-refractivity contribution is 6.83. The number of ether oxygens (including phenoxy) is 1. The monoisotopic (exact) mass is 334 g/mol. The third-order valence-electron chi connectivity index (χ3n) is 4.25. The number of hydrogen-bond acceptors (Lipinski definition) is 4. The maximum Gasteiger partial charge on any atom is 0.322 e. The van der Waals surface area contributed by atoms with Crippen molar-refractivity contribution in [3.05, 3.63) is 72.6 Å². The molecule has 5 heteroatoms. The van der Waals surface area contributed by atoms with Crippen LogP contribution in [0.4, 0.5) is 0 Å². The number of ketones is 1. The van der Waals surface area contributed by atoms with E-state index >= 15 is 0 Å². The maximum absolute atomic E-state index is 11.8. The summed E-state index contributed by atoms with van der Waals surface area (Å²) < 4.78 is 5.45. The van der Waals surface area contributed by atoms with Gasteiger partial charge in [0.05, 0.1) is 19.0 Å². The van der Waals surface area contributed by atoms with Crippen molar-refractivity contribution in [2.24, 2.45) is 0 Å². The summed E-state index contributed by atoms with van der Waals surface area (Å²) in [7, 11) is 0. The first-order valence-corrected chi connectivity index (χ1v) is 8.65. The molecule has 1 saturated heterocycles. The molecule has 1 aliphatic heterocycles. The lowest BCUT2D eigenvalue weighted by Crippen LogP contribution is -2.56. The van der Waals surface area contributed by atoms with Crippen molar-refractivity contribution in [1.82, 2.24) is 10.1 Å². The lowest BCUT2D eigenvalue weighted by atomic mass is 9.51. The minimum atomic E-state index is -0.0177. The van der Waals surface area contributed by atoms with Gasteiger partial charge in [0.25, 0.3) is 0 Å². The molecule has 0 bridgehead atoms. The summed E-state index contributed by atoms with van der Waals surface area (Å²) in [6.45, 7) is 4.49. The largest absolute Gasteiger partial charge is 0.406 e. The van der Waals surface area contributed by atoms with Crippen molar-refractivity contribution >= 4 is 23.6 Å². The zero-order chi connectivity index (χ0) is 17.5. The van der Waals surface area contributed by atoms with E-state index in [0.29, 0.717) is 13.2 Å². The normalized spacial score (nSPS) is 14.9. The number of hydrogen-bond donors (Lipinski definition) is 1. The first-order chi connectivity index (χ1) is 12.2. The molecule has 1 N–H and O–H groups in total. The molecule has 1 aliphatic rings. The summed E-state index contributed by atoms with van der Waals surface area (Å²) in [5, 5.41) is 3.60. The van der Waals surface area contributed by atoms with Crippen molar-refractivity contribution in [2.75, 3.05) is 26.3 Å². The second kappa shape index (κ2) is 8.54. The summed E-state index contributed by atoms with van der Waals surface area (Å²) in [5.41, 5.74) is 2.33. The van der Waals surface area contributed by atoms with Crippen LogP contribution in [0, 0.1) is 0 Å². The minimum absolute atomic E-state index is 0.0177. The molecule has 25 heavy (non-hydrogen) atoms. The predicted octanol–water partition coefficient (Wildman–Crippen LogP) is 1.14. The number of rotatable bonds is 6. The van der Waals surface area contributed by atoms with Crippen molar-refractivity contribution in [2.45, 2.75) is 6.92 Å². The van der Waals surface area contributed by atoms with E-state index in [-0.39, 0.29) is 12.6 Å². The SMILES string of the molecule is CC(=O)/C=C(\NB(c1ccccc1)c1ccccc1)N1CCOCC1. The van der Waals surface area contributed by atoms with E-state index in [4.69, 9.17) is 4.74 Å². The summed E-state index contributed by atoms with van der Waals surface area (Å²) in [5.74, 6) is 0.891. The molecule has 0 atom stereocenters. The van der Waals surface area contributed by atoms with Crippen LogP contribution in [0.2, 0.25) is 0 Å². The number of nitrogens with zero attached hydrogens (tertiary/aromatic N) is 1. The Morgan fingerprint density at radius 2 is 1.52 bits per heavy atom. The zero-order valence-corrected chi connectivity index (χ0v) is 14.5. The smallest absolute Gasteiger partial charge is 0.322 e. The average Bonchev–Trinajstić information content (AvgIpc) is 2.67. The van der Waals surface area contributed by atoms with Gasteiger partial charge in [-0.3, -0.25) is 4.79 Å². The molecule has 0 aromatic heterocycles. The first-order valence-electron chi connectivity index (χ1n) is 8.65. The van der Waals surface area contributed by atoms with E-state index in [1.54, 1.807) is 13.0 Å². The summed E-state index contributed by atoms with van der Waals surface area (Å²) in [6.07, 6.45) is 1.68. The van der Waals surface area contributed by atoms with Gasteiger partial charge in [0.1, 0.15) is 0 Å². The Bertz CT molecular complexity index is 673. The van der Waals surface area contributed by atoms with Gasteiger partial charge < -0.3 is 14.9 Å². The Morgan fingerprint density at radius 3 is 2.00 bits per heavy atom. The number of benzene rings is 2. The molecule has 0 aliphatic carbocycles. The molecule has 1 fully saturated rings. The molecule has 2 aromatic carbocycles. The number of morpholine rings is 1. The Balaban J connectivity index is 1.93. The lowest BCUT2D eigenvalue weighted by molar-refractivity contribution is -0.112. The Hall–Kier alpha value is -2.53. The third kappa shape index (κ3) is 4.73. The number of carbonyl (C=O) groups excluding carboxylic acids is 1. The molecule has 2 aromatic rings. The quantitative estimate of drug-likeness (QED) is 0.636. The van der Waals surface area contributed by atoms with E-state index in [2.05, 4.69) is 34.4 Å². The average molecular weight is 334 g/mol. The highest BCUT2D eigenvalue weighted by atomic mass is 16.5. The molecular formula is C20H23BN2O2. The standard InChI is InChI=1S/C20H23BN2O2/c1-17(24)16-20(23-12-14-25-15-13-23)22-21(18-8-4-2-5-9-18)19-10-6-3-7-11-19/h2-11,16,22H,12-15H2,1H3/b20-16+. The van der Waals surface area contributed by atoms with Crippen molar-refractivity contribution in [1.29, 1.82) is 0 Å². The fraction of sp³-hybridized carbons (Fsp3) is 0.250. The van der Waals surface area contributed by atoms with Crippen LogP contribution in [0.1, 0.15) is 6.92 Å². The fourth-order valence-corrected chi connectivity index (χ4v) is 3.02. The summed E-state index contributed by atoms with van der Waals surface area (Å²) >= 11 is 0. The van der Waals surface area contributed by atoms with Crippen LogP contribution in [0.15, 0.2) is 72.6 Å². The summed E-state index contributed by atoms with van der Waals surface area (Å²) in [4.78, 5) is 14.0.